The minimum absolute atomic E-state index is 0.0332. The number of nitrogens with one attached hydrogen (secondary N) is 1. The fraction of sp³-hybridized carbons (Fsp3) is 0.182. The van der Waals surface area contributed by atoms with Crippen molar-refractivity contribution in [3.05, 3.63) is 71.7 Å². The lowest BCUT2D eigenvalue weighted by molar-refractivity contribution is -0.142. The van der Waals surface area contributed by atoms with E-state index in [2.05, 4.69) is 20.4 Å². The molecule has 0 fully saturated rings. The lowest BCUT2D eigenvalue weighted by Gasteiger charge is -2.10. The maximum absolute atomic E-state index is 13.7. The molecule has 4 aromatic rings. The van der Waals surface area contributed by atoms with Crippen LogP contribution in [0, 0.1) is 0 Å². The van der Waals surface area contributed by atoms with Crippen molar-refractivity contribution < 1.29 is 27.4 Å². The zero-order chi connectivity index (χ0) is 23.6. The molecule has 8 nitrogen and oxygen atoms in total. The number of rotatable bonds is 6. The van der Waals surface area contributed by atoms with Crippen molar-refractivity contribution in [3.63, 3.8) is 0 Å². The molecule has 2 aromatic carbocycles. The molecule has 0 spiro atoms. The van der Waals surface area contributed by atoms with E-state index in [-0.39, 0.29) is 18.0 Å². The van der Waals surface area contributed by atoms with Gasteiger partial charge in [-0.25, -0.2) is 4.98 Å². The average molecular weight is 457 g/mol. The monoisotopic (exact) mass is 457 g/mol. The molecule has 1 N–H and O–H groups in total. The van der Waals surface area contributed by atoms with Gasteiger partial charge >= 0.3 is 6.18 Å². The summed E-state index contributed by atoms with van der Waals surface area (Å²) >= 11 is 0. The smallest absolute Gasteiger partial charge is 0.433 e. The number of methoxy groups -OCH3 is 2. The predicted octanol–water partition coefficient (Wildman–Crippen LogP) is 3.76. The fourth-order valence-corrected chi connectivity index (χ4v) is 3.18. The van der Waals surface area contributed by atoms with Crippen LogP contribution in [0.5, 0.6) is 11.5 Å². The summed E-state index contributed by atoms with van der Waals surface area (Å²) < 4.78 is 52.1. The van der Waals surface area contributed by atoms with Crippen LogP contribution in [0.15, 0.2) is 54.6 Å². The number of aromatic nitrogens is 4. The molecule has 1 amide bonds. The average Bonchev–Trinajstić information content (AvgIpc) is 3.25. The normalized spacial score (nSPS) is 11.4. The van der Waals surface area contributed by atoms with Crippen molar-refractivity contribution in [2.75, 3.05) is 14.2 Å². The molecule has 0 aliphatic heterocycles. The Kier molecular flexibility index (Phi) is 5.86. The highest BCUT2D eigenvalue weighted by atomic mass is 19.4. The summed E-state index contributed by atoms with van der Waals surface area (Å²) in [5.74, 6) is -0.420. The second-order valence-electron chi connectivity index (χ2n) is 6.89. The van der Waals surface area contributed by atoms with E-state index in [1.165, 1.54) is 14.2 Å². The number of benzene rings is 2. The van der Waals surface area contributed by atoms with E-state index in [0.29, 0.717) is 27.1 Å². The Hall–Kier alpha value is -4.15. The molecule has 0 aliphatic rings. The summed E-state index contributed by atoms with van der Waals surface area (Å²) in [6, 6.07) is 14.3. The number of amides is 1. The highest BCUT2D eigenvalue weighted by Gasteiger charge is 2.36. The van der Waals surface area contributed by atoms with Crippen LogP contribution in [0.2, 0.25) is 0 Å². The zero-order valence-corrected chi connectivity index (χ0v) is 17.6. The second-order valence-corrected chi connectivity index (χ2v) is 6.89. The summed E-state index contributed by atoms with van der Waals surface area (Å²) in [7, 11) is 2.98. The van der Waals surface area contributed by atoms with Crippen LogP contribution in [0.4, 0.5) is 13.2 Å². The standard InChI is InChI=1S/C22H18F3N5O3/c1-32-15-9-7-13(8-10-15)16-11-18(22(23,24)25)30-21(27-16)28-19(29-30)20(31)26-12-14-5-3-4-6-17(14)33-2/h3-11H,12H2,1-2H3,(H,26,31). The van der Waals surface area contributed by atoms with Crippen LogP contribution < -0.4 is 14.8 Å². The Morgan fingerprint density at radius 1 is 1.03 bits per heavy atom. The zero-order valence-electron chi connectivity index (χ0n) is 17.6. The Balaban J connectivity index is 1.68. The van der Waals surface area contributed by atoms with Crippen LogP contribution in [0.25, 0.3) is 17.0 Å². The van der Waals surface area contributed by atoms with Gasteiger partial charge in [-0.15, -0.1) is 5.10 Å². The molecular formula is C22H18F3N5O3. The molecular weight excluding hydrogens is 439 g/mol. The number of hydrogen-bond donors (Lipinski definition) is 1. The molecule has 0 radical (unpaired) electrons. The second kappa shape index (κ2) is 8.77. The molecule has 0 saturated heterocycles. The molecule has 170 valence electrons. The number of carbonyl (C=O) groups is 1. The maximum atomic E-state index is 13.7. The largest absolute Gasteiger partial charge is 0.497 e. The first-order valence-electron chi connectivity index (χ1n) is 9.69. The molecule has 2 heterocycles. The van der Waals surface area contributed by atoms with Gasteiger partial charge in [0, 0.05) is 17.7 Å². The van der Waals surface area contributed by atoms with Crippen molar-refractivity contribution in [2.24, 2.45) is 0 Å². The van der Waals surface area contributed by atoms with Gasteiger partial charge in [0.1, 0.15) is 11.5 Å². The molecule has 11 heteroatoms. The first-order chi connectivity index (χ1) is 15.8. The molecule has 0 atom stereocenters. The van der Waals surface area contributed by atoms with Crippen molar-refractivity contribution in [1.29, 1.82) is 0 Å². The SMILES string of the molecule is COc1ccc(-c2cc(C(F)(F)F)n3nc(C(=O)NCc4ccccc4OC)nc3n2)cc1. The Morgan fingerprint density at radius 2 is 1.76 bits per heavy atom. The Bertz CT molecular complexity index is 1300. The molecule has 0 unspecified atom stereocenters. The number of ether oxygens (including phenoxy) is 2. The van der Waals surface area contributed by atoms with Gasteiger partial charge in [-0.3, -0.25) is 4.79 Å². The number of nitrogens with zero attached hydrogens (tertiary/aromatic N) is 4. The lowest BCUT2D eigenvalue weighted by atomic mass is 10.1. The lowest BCUT2D eigenvalue weighted by Crippen LogP contribution is -2.24. The van der Waals surface area contributed by atoms with Crippen molar-refractivity contribution in [3.8, 4) is 22.8 Å². The summed E-state index contributed by atoms with van der Waals surface area (Å²) in [6.45, 7) is 0.0784. The van der Waals surface area contributed by atoms with Gasteiger partial charge in [-0.2, -0.15) is 22.7 Å². The maximum Gasteiger partial charge on any atom is 0.433 e. The molecule has 0 aliphatic carbocycles. The van der Waals surface area contributed by atoms with Gasteiger partial charge < -0.3 is 14.8 Å². The van der Waals surface area contributed by atoms with Gasteiger partial charge in [0.2, 0.25) is 5.82 Å². The van der Waals surface area contributed by atoms with Gasteiger partial charge in [0.15, 0.2) is 5.69 Å². The summed E-state index contributed by atoms with van der Waals surface area (Å²) in [5, 5.41) is 6.34. The minimum atomic E-state index is -4.75. The van der Waals surface area contributed by atoms with Crippen molar-refractivity contribution in [1.82, 2.24) is 24.9 Å². The van der Waals surface area contributed by atoms with E-state index >= 15 is 0 Å². The number of para-hydroxylation sites is 1. The third-order valence-electron chi connectivity index (χ3n) is 4.82. The number of fused-ring (bicyclic) bond motifs is 1. The topological polar surface area (TPSA) is 90.6 Å². The number of halogens is 3. The van der Waals surface area contributed by atoms with E-state index in [4.69, 9.17) is 9.47 Å². The van der Waals surface area contributed by atoms with Gasteiger partial charge in [-0.05, 0) is 36.4 Å². The first kappa shape index (κ1) is 22.1. The van der Waals surface area contributed by atoms with Gasteiger partial charge in [-0.1, -0.05) is 18.2 Å². The quantitative estimate of drug-likeness (QED) is 0.474. The minimum Gasteiger partial charge on any atom is -0.497 e. The van der Waals surface area contributed by atoms with Crippen LogP contribution in [-0.4, -0.2) is 39.7 Å². The van der Waals surface area contributed by atoms with Crippen molar-refractivity contribution in [2.45, 2.75) is 12.7 Å². The first-order valence-corrected chi connectivity index (χ1v) is 9.69. The van der Waals surface area contributed by atoms with E-state index in [1.54, 1.807) is 48.5 Å². The molecule has 4 rings (SSSR count). The van der Waals surface area contributed by atoms with Crippen molar-refractivity contribution >= 4 is 11.7 Å². The van der Waals surface area contributed by atoms with E-state index in [1.807, 2.05) is 0 Å². The molecule has 0 saturated carbocycles. The van der Waals surface area contributed by atoms with Crippen LogP contribution >= 0.6 is 0 Å². The number of hydrogen-bond acceptors (Lipinski definition) is 6. The number of carbonyl (C=O) groups excluding carboxylic acids is 1. The van der Waals surface area contributed by atoms with Gasteiger partial charge in [0.05, 0.1) is 19.9 Å². The van der Waals surface area contributed by atoms with E-state index in [0.717, 1.165) is 6.07 Å². The summed E-state index contributed by atoms with van der Waals surface area (Å²) in [6.07, 6.45) is -4.75. The van der Waals surface area contributed by atoms with E-state index < -0.39 is 23.6 Å². The summed E-state index contributed by atoms with van der Waals surface area (Å²) in [5.41, 5.74) is 0.0439. The van der Waals surface area contributed by atoms with Crippen LogP contribution in [-0.2, 0) is 12.7 Å². The molecule has 2 aromatic heterocycles. The Morgan fingerprint density at radius 3 is 2.42 bits per heavy atom. The van der Waals surface area contributed by atoms with E-state index in [9.17, 15) is 18.0 Å². The molecule has 0 bridgehead atoms. The predicted molar refractivity (Wildman–Crippen MR) is 112 cm³/mol. The van der Waals surface area contributed by atoms with Gasteiger partial charge in [0.25, 0.3) is 11.7 Å². The number of alkyl halides is 3. The highest BCUT2D eigenvalue weighted by Crippen LogP contribution is 2.32. The van der Waals surface area contributed by atoms with Crippen LogP contribution in [0.3, 0.4) is 0 Å². The molecule has 33 heavy (non-hydrogen) atoms. The third kappa shape index (κ3) is 4.56. The summed E-state index contributed by atoms with van der Waals surface area (Å²) in [4.78, 5) is 20.7. The third-order valence-corrected chi connectivity index (χ3v) is 4.82. The fourth-order valence-electron chi connectivity index (χ4n) is 3.18. The van der Waals surface area contributed by atoms with Crippen LogP contribution in [0.1, 0.15) is 21.9 Å². The Labute approximate surface area is 186 Å². The highest BCUT2D eigenvalue weighted by molar-refractivity contribution is 5.90.